The predicted molar refractivity (Wildman–Crippen MR) is 58.4 cm³/mol. The van der Waals surface area contributed by atoms with Crippen molar-refractivity contribution < 1.29 is 13.2 Å². The van der Waals surface area contributed by atoms with Gasteiger partial charge in [-0.25, -0.2) is 0 Å². The number of hydrogen-bond donors (Lipinski definition) is 0. The van der Waals surface area contributed by atoms with Gasteiger partial charge in [0.2, 0.25) is 0 Å². The van der Waals surface area contributed by atoms with Crippen LogP contribution < -0.4 is 0 Å². The van der Waals surface area contributed by atoms with Gasteiger partial charge >= 0.3 is 6.18 Å². The van der Waals surface area contributed by atoms with Gasteiger partial charge in [-0.05, 0) is 12.5 Å². The summed E-state index contributed by atoms with van der Waals surface area (Å²) in [4.78, 5) is 0. The first-order valence-corrected chi connectivity index (χ1v) is 5.06. The maximum Gasteiger partial charge on any atom is 0.433 e. The molecule has 2 nitrogen and oxygen atoms in total. The summed E-state index contributed by atoms with van der Waals surface area (Å²) in [7, 11) is 1.29. The molecule has 0 aliphatic carbocycles. The lowest BCUT2D eigenvalue weighted by Gasteiger charge is -2.10. The second-order valence-corrected chi connectivity index (χ2v) is 3.89. The normalized spacial score (nSPS) is 11.8. The van der Waals surface area contributed by atoms with E-state index in [4.69, 9.17) is 0 Å². The Labute approximate surface area is 96.7 Å². The molecular weight excluding hydrogens is 229 g/mol. The summed E-state index contributed by atoms with van der Waals surface area (Å²) in [5.41, 5.74) is 0.920. The van der Waals surface area contributed by atoms with Crippen LogP contribution in [0.5, 0.6) is 0 Å². The lowest BCUT2D eigenvalue weighted by atomic mass is 10.0. The number of nitrogens with zero attached hydrogens (tertiary/aromatic N) is 2. The van der Waals surface area contributed by atoms with Crippen LogP contribution >= 0.6 is 0 Å². The van der Waals surface area contributed by atoms with E-state index in [2.05, 4.69) is 5.10 Å². The molecule has 90 valence electrons. The van der Waals surface area contributed by atoms with Gasteiger partial charge in [0.25, 0.3) is 0 Å². The molecule has 17 heavy (non-hydrogen) atoms. The van der Waals surface area contributed by atoms with Crippen LogP contribution in [-0.4, -0.2) is 9.78 Å². The standard InChI is InChI=1S/C12H11F3N2/c1-8-3-5-9(6-4-8)10-7-16-17(2)11(10)12(13,14)15/h3-7H,1-2H3. The van der Waals surface area contributed by atoms with E-state index in [0.29, 0.717) is 5.56 Å². The van der Waals surface area contributed by atoms with E-state index in [-0.39, 0.29) is 5.56 Å². The van der Waals surface area contributed by atoms with Crippen LogP contribution in [0.25, 0.3) is 11.1 Å². The molecule has 0 unspecified atom stereocenters. The molecule has 0 radical (unpaired) electrons. The molecule has 1 heterocycles. The fourth-order valence-corrected chi connectivity index (χ4v) is 1.72. The molecule has 1 aromatic carbocycles. The summed E-state index contributed by atoms with van der Waals surface area (Å²) in [6.45, 7) is 1.89. The zero-order valence-corrected chi connectivity index (χ0v) is 9.42. The highest BCUT2D eigenvalue weighted by Crippen LogP contribution is 2.36. The zero-order chi connectivity index (χ0) is 12.6. The Balaban J connectivity index is 2.57. The van der Waals surface area contributed by atoms with E-state index in [1.807, 2.05) is 6.92 Å². The quantitative estimate of drug-likeness (QED) is 0.746. The summed E-state index contributed by atoms with van der Waals surface area (Å²) in [5.74, 6) is 0. The van der Waals surface area contributed by atoms with Gasteiger partial charge < -0.3 is 0 Å². The molecule has 2 rings (SSSR count). The molecule has 0 atom stereocenters. The fraction of sp³-hybridized carbons (Fsp3) is 0.250. The molecule has 0 saturated heterocycles. The first-order chi connectivity index (χ1) is 7.89. The Hall–Kier alpha value is -1.78. The third-order valence-electron chi connectivity index (χ3n) is 2.57. The minimum absolute atomic E-state index is 0.111. The van der Waals surface area contributed by atoms with Crippen LogP contribution in [0.1, 0.15) is 11.3 Å². The van der Waals surface area contributed by atoms with Gasteiger partial charge in [0.05, 0.1) is 6.20 Å². The second-order valence-electron chi connectivity index (χ2n) is 3.89. The molecular formula is C12H11F3N2. The SMILES string of the molecule is Cc1ccc(-c2cnn(C)c2C(F)(F)F)cc1. The topological polar surface area (TPSA) is 17.8 Å². The van der Waals surface area contributed by atoms with Gasteiger partial charge in [0.1, 0.15) is 5.69 Å². The highest BCUT2D eigenvalue weighted by Gasteiger charge is 2.37. The number of benzene rings is 1. The number of hydrogen-bond acceptors (Lipinski definition) is 1. The highest BCUT2D eigenvalue weighted by atomic mass is 19.4. The van der Waals surface area contributed by atoms with Crippen LogP contribution in [0, 0.1) is 6.92 Å². The summed E-state index contributed by atoms with van der Waals surface area (Å²) in [6.07, 6.45) is -3.15. The van der Waals surface area contributed by atoms with Crippen molar-refractivity contribution in [3.05, 3.63) is 41.7 Å². The van der Waals surface area contributed by atoms with Crippen LogP contribution in [0.4, 0.5) is 13.2 Å². The smallest absolute Gasteiger partial charge is 0.263 e. The average molecular weight is 240 g/mol. The molecule has 0 spiro atoms. The van der Waals surface area contributed by atoms with Crippen molar-refractivity contribution in [2.45, 2.75) is 13.1 Å². The fourth-order valence-electron chi connectivity index (χ4n) is 1.72. The molecule has 0 bridgehead atoms. The van der Waals surface area contributed by atoms with Crippen molar-refractivity contribution in [2.24, 2.45) is 7.05 Å². The average Bonchev–Trinajstić information content (AvgIpc) is 2.61. The van der Waals surface area contributed by atoms with Crippen LogP contribution in [0.2, 0.25) is 0 Å². The van der Waals surface area contributed by atoms with Crippen LogP contribution in [0.15, 0.2) is 30.5 Å². The van der Waals surface area contributed by atoms with Gasteiger partial charge in [-0.1, -0.05) is 29.8 Å². The molecule has 5 heteroatoms. The minimum atomic E-state index is -4.40. The Morgan fingerprint density at radius 3 is 2.24 bits per heavy atom. The summed E-state index contributed by atoms with van der Waals surface area (Å²) >= 11 is 0. The van der Waals surface area contributed by atoms with E-state index < -0.39 is 11.9 Å². The van der Waals surface area contributed by atoms with E-state index in [9.17, 15) is 13.2 Å². The third-order valence-corrected chi connectivity index (χ3v) is 2.57. The molecule has 0 N–H and O–H groups in total. The summed E-state index contributed by atoms with van der Waals surface area (Å²) in [6, 6.07) is 6.90. The Morgan fingerprint density at radius 1 is 1.12 bits per heavy atom. The third kappa shape index (κ3) is 2.18. The number of aromatic nitrogens is 2. The van der Waals surface area contributed by atoms with Gasteiger partial charge in [0.15, 0.2) is 0 Å². The minimum Gasteiger partial charge on any atom is -0.263 e. The highest BCUT2D eigenvalue weighted by molar-refractivity contribution is 5.66. The van der Waals surface area contributed by atoms with Gasteiger partial charge in [0, 0.05) is 12.6 Å². The van der Waals surface area contributed by atoms with Crippen molar-refractivity contribution >= 4 is 0 Å². The number of alkyl halides is 3. The molecule has 0 amide bonds. The van der Waals surface area contributed by atoms with Crippen LogP contribution in [0.3, 0.4) is 0 Å². The number of halogens is 3. The summed E-state index contributed by atoms with van der Waals surface area (Å²) in [5, 5.41) is 3.68. The molecule has 0 aliphatic heterocycles. The van der Waals surface area contributed by atoms with Crippen molar-refractivity contribution in [1.29, 1.82) is 0 Å². The van der Waals surface area contributed by atoms with Crippen LogP contribution in [-0.2, 0) is 13.2 Å². The first-order valence-electron chi connectivity index (χ1n) is 5.06. The van der Waals surface area contributed by atoms with Crippen molar-refractivity contribution in [3.8, 4) is 11.1 Å². The first kappa shape index (κ1) is 11.7. The summed E-state index contributed by atoms with van der Waals surface area (Å²) < 4.78 is 39.4. The molecule has 1 aromatic heterocycles. The Kier molecular flexibility index (Phi) is 2.69. The van der Waals surface area contributed by atoms with E-state index in [0.717, 1.165) is 10.2 Å². The van der Waals surface area contributed by atoms with Crippen molar-refractivity contribution in [2.75, 3.05) is 0 Å². The van der Waals surface area contributed by atoms with Gasteiger partial charge in [-0.3, -0.25) is 4.68 Å². The van der Waals surface area contributed by atoms with E-state index in [1.165, 1.54) is 13.2 Å². The molecule has 2 aromatic rings. The lowest BCUT2D eigenvalue weighted by molar-refractivity contribution is -0.143. The number of aryl methyl sites for hydroxylation is 2. The zero-order valence-electron chi connectivity index (χ0n) is 9.42. The van der Waals surface area contributed by atoms with Crippen molar-refractivity contribution in [1.82, 2.24) is 9.78 Å². The van der Waals surface area contributed by atoms with E-state index in [1.54, 1.807) is 24.3 Å². The number of rotatable bonds is 1. The van der Waals surface area contributed by atoms with Crippen molar-refractivity contribution in [3.63, 3.8) is 0 Å². The van der Waals surface area contributed by atoms with Gasteiger partial charge in [-0.15, -0.1) is 0 Å². The largest absolute Gasteiger partial charge is 0.433 e. The van der Waals surface area contributed by atoms with Gasteiger partial charge in [-0.2, -0.15) is 18.3 Å². The molecule has 0 aliphatic rings. The Bertz CT molecular complexity index is 524. The maximum atomic E-state index is 12.8. The predicted octanol–water partition coefficient (Wildman–Crippen LogP) is 3.41. The monoisotopic (exact) mass is 240 g/mol. The van der Waals surface area contributed by atoms with E-state index >= 15 is 0 Å². The maximum absolute atomic E-state index is 12.8. The lowest BCUT2D eigenvalue weighted by Crippen LogP contribution is -2.13. The molecule has 0 saturated carbocycles. The molecule has 0 fully saturated rings. The second kappa shape index (κ2) is 3.91. The Morgan fingerprint density at radius 2 is 1.71 bits per heavy atom.